The van der Waals surface area contributed by atoms with E-state index in [1.165, 1.54) is 0 Å². The van der Waals surface area contributed by atoms with Crippen molar-refractivity contribution in [2.75, 3.05) is 39.6 Å². The fraction of sp³-hybridized carbons (Fsp3) is 0.700. The molecule has 2 heterocycles. The monoisotopic (exact) mass is 366 g/mol. The van der Waals surface area contributed by atoms with Crippen molar-refractivity contribution in [3.8, 4) is 11.5 Å². The normalized spacial score (nSPS) is 23.5. The van der Waals surface area contributed by atoms with Crippen molar-refractivity contribution < 1.29 is 28.4 Å². The van der Waals surface area contributed by atoms with Crippen LogP contribution in [0.1, 0.15) is 38.5 Å². The molecule has 6 nitrogen and oxygen atoms in total. The first-order valence-electron chi connectivity index (χ1n) is 9.73. The minimum Gasteiger partial charge on any atom is -0.487 e. The molecule has 26 heavy (non-hydrogen) atoms. The maximum Gasteiger partial charge on any atom is 0.161 e. The first kappa shape index (κ1) is 19.4. The smallest absolute Gasteiger partial charge is 0.161 e. The second-order valence-electron chi connectivity index (χ2n) is 6.48. The summed E-state index contributed by atoms with van der Waals surface area (Å²) in [6, 6.07) is 7.66. The second-order valence-corrected chi connectivity index (χ2v) is 6.48. The van der Waals surface area contributed by atoms with Gasteiger partial charge in [-0.05, 0) is 50.7 Å². The third kappa shape index (κ3) is 6.76. The van der Waals surface area contributed by atoms with E-state index >= 15 is 0 Å². The molecular formula is C20H30O6. The van der Waals surface area contributed by atoms with Crippen LogP contribution in [0, 0.1) is 0 Å². The lowest BCUT2D eigenvalue weighted by Crippen LogP contribution is -2.24. The summed E-state index contributed by atoms with van der Waals surface area (Å²) >= 11 is 0. The van der Waals surface area contributed by atoms with E-state index in [1.807, 2.05) is 24.3 Å². The molecule has 6 heteroatoms. The number of hydrogen-bond acceptors (Lipinski definition) is 6. The topological polar surface area (TPSA) is 55.4 Å². The van der Waals surface area contributed by atoms with Gasteiger partial charge in [0.05, 0.1) is 13.2 Å². The van der Waals surface area contributed by atoms with Crippen LogP contribution in [0.2, 0.25) is 0 Å². The Kier molecular flexibility index (Phi) is 8.51. The molecule has 0 radical (unpaired) electrons. The molecule has 2 aliphatic rings. The molecule has 146 valence electrons. The average Bonchev–Trinajstić information content (AvgIpc) is 2.71. The maximum atomic E-state index is 5.80. The van der Waals surface area contributed by atoms with Gasteiger partial charge in [-0.15, -0.1) is 0 Å². The molecule has 0 N–H and O–H groups in total. The Morgan fingerprint density at radius 1 is 0.692 bits per heavy atom. The SMILES string of the molecule is c1ccc(OCCOC2CCCCO2)c(OCCOC2CCCCO2)c1. The molecule has 2 aliphatic heterocycles. The molecule has 2 unspecified atom stereocenters. The van der Waals surface area contributed by atoms with Gasteiger partial charge in [0.15, 0.2) is 24.1 Å². The summed E-state index contributed by atoms with van der Waals surface area (Å²) in [6.45, 7) is 3.51. The molecular weight excluding hydrogens is 336 g/mol. The van der Waals surface area contributed by atoms with Crippen LogP contribution in [0.4, 0.5) is 0 Å². The summed E-state index contributed by atoms with van der Waals surface area (Å²) in [5, 5.41) is 0. The van der Waals surface area contributed by atoms with Crippen LogP contribution >= 0.6 is 0 Å². The van der Waals surface area contributed by atoms with Crippen molar-refractivity contribution in [1.29, 1.82) is 0 Å². The highest BCUT2D eigenvalue weighted by molar-refractivity contribution is 5.39. The number of benzene rings is 1. The van der Waals surface area contributed by atoms with E-state index in [0.29, 0.717) is 26.4 Å². The van der Waals surface area contributed by atoms with Crippen LogP contribution in [0.25, 0.3) is 0 Å². The zero-order valence-electron chi connectivity index (χ0n) is 15.4. The van der Waals surface area contributed by atoms with Crippen molar-refractivity contribution in [2.45, 2.75) is 51.1 Å². The highest BCUT2D eigenvalue weighted by atomic mass is 16.7. The van der Waals surface area contributed by atoms with Crippen LogP contribution in [0.5, 0.6) is 11.5 Å². The molecule has 0 bridgehead atoms. The van der Waals surface area contributed by atoms with Gasteiger partial charge in [0.1, 0.15) is 13.2 Å². The summed E-state index contributed by atoms with van der Waals surface area (Å²) in [5.74, 6) is 1.43. The summed E-state index contributed by atoms with van der Waals surface area (Å²) in [7, 11) is 0. The number of para-hydroxylation sites is 2. The predicted molar refractivity (Wildman–Crippen MR) is 96.5 cm³/mol. The molecule has 1 aromatic carbocycles. The molecule has 2 atom stereocenters. The van der Waals surface area contributed by atoms with E-state index in [0.717, 1.165) is 63.2 Å². The van der Waals surface area contributed by atoms with E-state index in [4.69, 9.17) is 28.4 Å². The van der Waals surface area contributed by atoms with Gasteiger partial charge in [-0.1, -0.05) is 12.1 Å². The van der Waals surface area contributed by atoms with E-state index in [-0.39, 0.29) is 12.6 Å². The van der Waals surface area contributed by atoms with Crippen LogP contribution in [0.3, 0.4) is 0 Å². The fourth-order valence-electron chi connectivity index (χ4n) is 3.04. The molecule has 0 amide bonds. The van der Waals surface area contributed by atoms with Crippen molar-refractivity contribution in [1.82, 2.24) is 0 Å². The first-order chi connectivity index (χ1) is 12.9. The van der Waals surface area contributed by atoms with E-state index in [1.54, 1.807) is 0 Å². The van der Waals surface area contributed by atoms with Gasteiger partial charge in [0, 0.05) is 13.2 Å². The molecule has 2 saturated heterocycles. The third-order valence-electron chi connectivity index (χ3n) is 4.41. The Labute approximate surface area is 155 Å². The van der Waals surface area contributed by atoms with Crippen LogP contribution in [0.15, 0.2) is 24.3 Å². The van der Waals surface area contributed by atoms with Crippen molar-refractivity contribution in [3.63, 3.8) is 0 Å². The van der Waals surface area contributed by atoms with Gasteiger partial charge in [0.2, 0.25) is 0 Å². The molecule has 0 aliphatic carbocycles. The maximum absolute atomic E-state index is 5.80. The average molecular weight is 366 g/mol. The lowest BCUT2D eigenvalue weighted by molar-refractivity contribution is -0.166. The summed E-state index contributed by atoms with van der Waals surface area (Å²) in [4.78, 5) is 0. The van der Waals surface area contributed by atoms with Crippen molar-refractivity contribution >= 4 is 0 Å². The lowest BCUT2D eigenvalue weighted by Gasteiger charge is -2.23. The Balaban J connectivity index is 1.32. The second kappa shape index (κ2) is 11.4. The van der Waals surface area contributed by atoms with E-state index in [9.17, 15) is 0 Å². The Morgan fingerprint density at radius 2 is 1.19 bits per heavy atom. The Bertz CT molecular complexity index is 452. The fourth-order valence-corrected chi connectivity index (χ4v) is 3.04. The highest BCUT2D eigenvalue weighted by Gasteiger charge is 2.15. The van der Waals surface area contributed by atoms with Gasteiger partial charge in [-0.3, -0.25) is 0 Å². The van der Waals surface area contributed by atoms with E-state index in [2.05, 4.69) is 0 Å². The summed E-state index contributed by atoms with van der Waals surface area (Å²) < 4.78 is 34.1. The van der Waals surface area contributed by atoms with Crippen molar-refractivity contribution in [2.24, 2.45) is 0 Å². The minimum absolute atomic E-state index is 0.0852. The quantitative estimate of drug-likeness (QED) is 0.591. The first-order valence-corrected chi connectivity index (χ1v) is 9.73. The van der Waals surface area contributed by atoms with Gasteiger partial charge in [-0.25, -0.2) is 0 Å². The lowest BCUT2D eigenvalue weighted by atomic mass is 10.2. The molecule has 0 spiro atoms. The minimum atomic E-state index is -0.0852. The Hall–Kier alpha value is -1.34. The van der Waals surface area contributed by atoms with Gasteiger partial charge in [-0.2, -0.15) is 0 Å². The highest BCUT2D eigenvalue weighted by Crippen LogP contribution is 2.26. The Morgan fingerprint density at radius 3 is 1.62 bits per heavy atom. The van der Waals surface area contributed by atoms with Crippen LogP contribution < -0.4 is 9.47 Å². The third-order valence-corrected chi connectivity index (χ3v) is 4.41. The van der Waals surface area contributed by atoms with Crippen molar-refractivity contribution in [3.05, 3.63) is 24.3 Å². The molecule has 0 saturated carbocycles. The molecule has 2 fully saturated rings. The van der Waals surface area contributed by atoms with Gasteiger partial charge < -0.3 is 28.4 Å². The molecule has 0 aromatic heterocycles. The standard InChI is InChI=1S/C20H30O6/c1-2-8-18(22-14-16-26-20-10-4-6-12-24-20)17(7-1)21-13-15-25-19-9-3-5-11-23-19/h1-2,7-8,19-20H,3-6,9-16H2. The zero-order chi connectivity index (χ0) is 17.9. The van der Waals surface area contributed by atoms with Crippen LogP contribution in [-0.4, -0.2) is 52.2 Å². The number of rotatable bonds is 10. The number of ether oxygens (including phenoxy) is 6. The molecule has 3 rings (SSSR count). The van der Waals surface area contributed by atoms with Crippen LogP contribution in [-0.2, 0) is 18.9 Å². The predicted octanol–water partition coefficient (Wildman–Crippen LogP) is 3.53. The largest absolute Gasteiger partial charge is 0.487 e. The zero-order valence-corrected chi connectivity index (χ0v) is 15.4. The van der Waals surface area contributed by atoms with E-state index < -0.39 is 0 Å². The van der Waals surface area contributed by atoms with Gasteiger partial charge in [0.25, 0.3) is 0 Å². The summed E-state index contributed by atoms with van der Waals surface area (Å²) in [6.07, 6.45) is 6.33. The number of hydrogen-bond donors (Lipinski definition) is 0. The molecule has 1 aromatic rings. The summed E-state index contributed by atoms with van der Waals surface area (Å²) in [5.41, 5.74) is 0. The van der Waals surface area contributed by atoms with Gasteiger partial charge >= 0.3 is 0 Å².